The van der Waals surface area contributed by atoms with E-state index in [1.54, 1.807) is 0 Å². The third-order valence-corrected chi connectivity index (χ3v) is 1.11. The molecule has 0 aliphatic rings. The molecule has 0 unspecified atom stereocenters. The van der Waals surface area contributed by atoms with Crippen molar-refractivity contribution < 1.29 is 13.6 Å². The zero-order valence-corrected chi connectivity index (χ0v) is 5.66. The zero-order valence-electron chi connectivity index (χ0n) is 5.66. The minimum atomic E-state index is -2.69. The summed E-state index contributed by atoms with van der Waals surface area (Å²) in [5.41, 5.74) is 0. The summed E-state index contributed by atoms with van der Waals surface area (Å²) in [5.74, 6) is -0.713. The van der Waals surface area contributed by atoms with Crippen LogP contribution in [0.4, 0.5) is 8.78 Å². The van der Waals surface area contributed by atoms with E-state index in [1.165, 1.54) is 7.05 Å². The van der Waals surface area contributed by atoms with Gasteiger partial charge in [-0.2, -0.15) is 0 Å². The average molecular weight is 161 g/mol. The first-order chi connectivity index (χ1) is 5.15. The van der Waals surface area contributed by atoms with Crippen molar-refractivity contribution in [1.29, 1.82) is 0 Å². The lowest BCUT2D eigenvalue weighted by molar-refractivity contribution is 0.111. The number of hydrogen-bond donors (Lipinski definition) is 0. The highest BCUT2D eigenvalue weighted by Crippen LogP contribution is 2.14. The molecule has 0 aliphatic carbocycles. The Balaban J connectivity index is 3.06. The van der Waals surface area contributed by atoms with Crippen molar-refractivity contribution in [2.75, 3.05) is 0 Å². The lowest BCUT2D eigenvalue weighted by Gasteiger charge is -1.94. The van der Waals surface area contributed by atoms with Gasteiger partial charge in [-0.3, -0.25) is 4.79 Å². The summed E-state index contributed by atoms with van der Waals surface area (Å²) in [6.07, 6.45) is -2.37. The van der Waals surface area contributed by atoms with Crippen LogP contribution in [0.15, 0.2) is 0 Å². The molecule has 60 valence electrons. The standard InChI is InChI=1S/C5H5F2N3O/c1-10-5(4(6)7)8-3(2-11)9-10/h2,4H,1H3. The summed E-state index contributed by atoms with van der Waals surface area (Å²) in [5, 5.41) is 3.41. The lowest BCUT2D eigenvalue weighted by atomic mass is 10.6. The van der Waals surface area contributed by atoms with Crippen LogP contribution in [0.5, 0.6) is 0 Å². The van der Waals surface area contributed by atoms with E-state index in [0.717, 1.165) is 4.68 Å². The molecule has 0 atom stereocenters. The molecular formula is C5H5F2N3O. The highest BCUT2D eigenvalue weighted by atomic mass is 19.3. The Labute approximate surface area is 60.8 Å². The monoisotopic (exact) mass is 161 g/mol. The van der Waals surface area contributed by atoms with Gasteiger partial charge in [0.25, 0.3) is 6.43 Å². The summed E-state index contributed by atoms with van der Waals surface area (Å²) in [4.78, 5) is 13.3. The van der Waals surface area contributed by atoms with Crippen LogP contribution in [0, 0.1) is 0 Å². The molecule has 4 nitrogen and oxygen atoms in total. The minimum absolute atomic E-state index is 0.220. The predicted molar refractivity (Wildman–Crippen MR) is 31.3 cm³/mol. The molecule has 0 spiro atoms. The Morgan fingerprint density at radius 1 is 1.64 bits per heavy atom. The van der Waals surface area contributed by atoms with Gasteiger partial charge in [-0.1, -0.05) is 0 Å². The van der Waals surface area contributed by atoms with E-state index < -0.39 is 12.2 Å². The van der Waals surface area contributed by atoms with E-state index in [9.17, 15) is 13.6 Å². The van der Waals surface area contributed by atoms with Gasteiger partial charge in [-0.25, -0.2) is 18.4 Å². The number of alkyl halides is 2. The second kappa shape index (κ2) is 2.73. The molecule has 1 aromatic heterocycles. The van der Waals surface area contributed by atoms with Gasteiger partial charge in [-0.05, 0) is 0 Å². The fourth-order valence-electron chi connectivity index (χ4n) is 0.657. The summed E-state index contributed by atoms with van der Waals surface area (Å²) >= 11 is 0. The topological polar surface area (TPSA) is 47.8 Å². The second-order valence-corrected chi connectivity index (χ2v) is 1.87. The molecule has 0 radical (unpaired) electrons. The first-order valence-electron chi connectivity index (χ1n) is 2.79. The van der Waals surface area contributed by atoms with Crippen LogP contribution in [-0.2, 0) is 7.05 Å². The maximum atomic E-state index is 11.9. The van der Waals surface area contributed by atoms with E-state index in [1.807, 2.05) is 0 Å². The first kappa shape index (κ1) is 7.77. The molecule has 0 bridgehead atoms. The molecule has 0 aromatic carbocycles. The summed E-state index contributed by atoms with van der Waals surface area (Å²) in [7, 11) is 1.31. The predicted octanol–water partition coefficient (Wildman–Crippen LogP) is 0.565. The van der Waals surface area contributed by atoms with Gasteiger partial charge in [0, 0.05) is 7.05 Å². The maximum Gasteiger partial charge on any atom is 0.297 e. The van der Waals surface area contributed by atoms with E-state index in [4.69, 9.17) is 0 Å². The molecule has 0 saturated carbocycles. The number of halogens is 2. The number of carbonyl (C=O) groups excluding carboxylic acids is 1. The van der Waals surface area contributed by atoms with Gasteiger partial charge in [0.05, 0.1) is 0 Å². The molecule has 0 N–H and O–H groups in total. The van der Waals surface area contributed by atoms with Crippen LogP contribution < -0.4 is 0 Å². The molecule has 1 heterocycles. The quantitative estimate of drug-likeness (QED) is 0.595. The van der Waals surface area contributed by atoms with Crippen molar-refractivity contribution >= 4 is 6.29 Å². The Hall–Kier alpha value is -1.33. The van der Waals surface area contributed by atoms with Gasteiger partial charge in [0.1, 0.15) is 0 Å². The van der Waals surface area contributed by atoms with Crippen molar-refractivity contribution in [3.05, 3.63) is 11.6 Å². The number of nitrogens with zero attached hydrogens (tertiary/aromatic N) is 3. The van der Waals surface area contributed by atoms with Gasteiger partial charge in [-0.15, -0.1) is 5.10 Å². The molecular weight excluding hydrogens is 156 g/mol. The van der Waals surface area contributed by atoms with E-state index in [2.05, 4.69) is 10.1 Å². The van der Waals surface area contributed by atoms with Crippen molar-refractivity contribution in [3.8, 4) is 0 Å². The molecule has 0 amide bonds. The molecule has 0 fully saturated rings. The summed E-state index contributed by atoms with van der Waals surface area (Å²) in [6, 6.07) is 0. The number of carbonyl (C=O) groups is 1. The molecule has 1 rings (SSSR count). The average Bonchev–Trinajstić information content (AvgIpc) is 2.30. The van der Waals surface area contributed by atoms with Crippen LogP contribution in [0.1, 0.15) is 22.9 Å². The van der Waals surface area contributed by atoms with E-state index >= 15 is 0 Å². The highest BCUT2D eigenvalue weighted by Gasteiger charge is 2.15. The van der Waals surface area contributed by atoms with Crippen LogP contribution in [0.3, 0.4) is 0 Å². The normalized spacial score (nSPS) is 10.5. The van der Waals surface area contributed by atoms with E-state index in [-0.39, 0.29) is 5.82 Å². The fraction of sp³-hybridized carbons (Fsp3) is 0.400. The number of rotatable bonds is 2. The van der Waals surface area contributed by atoms with Crippen LogP contribution in [0.2, 0.25) is 0 Å². The van der Waals surface area contributed by atoms with Crippen molar-refractivity contribution in [2.45, 2.75) is 6.43 Å². The Bertz CT molecular complexity index is 271. The molecule has 6 heteroatoms. The SMILES string of the molecule is Cn1nc(C=O)nc1C(F)F. The largest absolute Gasteiger partial charge is 0.297 e. The maximum absolute atomic E-state index is 11.9. The fourth-order valence-corrected chi connectivity index (χ4v) is 0.657. The summed E-state index contributed by atoms with van der Waals surface area (Å²) < 4.78 is 24.8. The number of aldehydes is 1. The molecule has 0 saturated heterocycles. The Morgan fingerprint density at radius 2 is 2.27 bits per heavy atom. The van der Waals surface area contributed by atoms with Gasteiger partial charge in [0.2, 0.25) is 5.82 Å². The molecule has 11 heavy (non-hydrogen) atoms. The van der Waals surface area contributed by atoms with Crippen LogP contribution >= 0.6 is 0 Å². The van der Waals surface area contributed by atoms with Gasteiger partial charge >= 0.3 is 0 Å². The van der Waals surface area contributed by atoms with Crippen molar-refractivity contribution in [3.63, 3.8) is 0 Å². The van der Waals surface area contributed by atoms with Crippen molar-refractivity contribution in [1.82, 2.24) is 14.8 Å². The number of aromatic nitrogens is 3. The molecule has 1 aromatic rings. The third-order valence-electron chi connectivity index (χ3n) is 1.11. The minimum Gasteiger partial charge on any atom is -0.294 e. The third kappa shape index (κ3) is 1.39. The Morgan fingerprint density at radius 3 is 2.55 bits per heavy atom. The van der Waals surface area contributed by atoms with Crippen molar-refractivity contribution in [2.24, 2.45) is 7.05 Å². The van der Waals surface area contributed by atoms with Gasteiger partial charge < -0.3 is 0 Å². The smallest absolute Gasteiger partial charge is 0.294 e. The number of aryl methyl sites for hydroxylation is 1. The number of hydrogen-bond acceptors (Lipinski definition) is 3. The Kier molecular flexibility index (Phi) is 1.93. The van der Waals surface area contributed by atoms with Crippen LogP contribution in [-0.4, -0.2) is 21.1 Å². The highest BCUT2D eigenvalue weighted by molar-refractivity contribution is 5.68. The van der Waals surface area contributed by atoms with Crippen LogP contribution in [0.25, 0.3) is 0 Å². The zero-order chi connectivity index (χ0) is 8.43. The van der Waals surface area contributed by atoms with Gasteiger partial charge in [0.15, 0.2) is 12.1 Å². The second-order valence-electron chi connectivity index (χ2n) is 1.87. The lowest BCUT2D eigenvalue weighted by Crippen LogP contribution is -1.98. The molecule has 0 aliphatic heterocycles. The first-order valence-corrected chi connectivity index (χ1v) is 2.79. The summed E-state index contributed by atoms with van der Waals surface area (Å²) in [6.45, 7) is 0. The van der Waals surface area contributed by atoms with E-state index in [0.29, 0.717) is 6.29 Å².